The van der Waals surface area contributed by atoms with Crippen molar-refractivity contribution >= 4 is 75.5 Å². The van der Waals surface area contributed by atoms with Crippen molar-refractivity contribution in [3.8, 4) is 0 Å². The molecule has 0 aliphatic carbocycles. The molecule has 3 aliphatic heterocycles. The molecule has 4 rings (SSSR count). The second-order valence-corrected chi connectivity index (χ2v) is 13.7. The summed E-state index contributed by atoms with van der Waals surface area (Å²) in [5.74, 6) is -5.35. The van der Waals surface area contributed by atoms with E-state index < -0.39 is 100 Å². The number of anilines is 1. The molecule has 2 saturated heterocycles. The summed E-state index contributed by atoms with van der Waals surface area (Å²) in [5.41, 5.74) is 9.73. The van der Waals surface area contributed by atoms with Crippen LogP contribution in [0.25, 0.3) is 0 Å². The maximum absolute atomic E-state index is 13.7. The van der Waals surface area contributed by atoms with Crippen molar-refractivity contribution in [2.24, 2.45) is 11.5 Å². The van der Waals surface area contributed by atoms with E-state index in [1.807, 2.05) is 0 Å². The monoisotopic (exact) mass is 786 g/mol. The van der Waals surface area contributed by atoms with Gasteiger partial charge in [0.05, 0.1) is 43.0 Å². The van der Waals surface area contributed by atoms with Crippen LogP contribution in [0.5, 0.6) is 0 Å². The van der Waals surface area contributed by atoms with Crippen LogP contribution in [-0.4, -0.2) is 126 Å². The van der Waals surface area contributed by atoms with E-state index in [1.165, 1.54) is 24.3 Å². The van der Waals surface area contributed by atoms with Crippen LogP contribution in [0.4, 0.5) is 24.9 Å². The minimum Gasteiger partial charge on any atom is -0.548 e. The molecule has 0 bridgehead atoms. The Morgan fingerprint density at radius 3 is 2.21 bits per heavy atom. The van der Waals surface area contributed by atoms with Crippen LogP contribution >= 0.6 is 11.8 Å². The number of benzene rings is 1. The number of amides is 8. The van der Waals surface area contributed by atoms with Gasteiger partial charge >= 0.3 is 83.4 Å². The summed E-state index contributed by atoms with van der Waals surface area (Å²) in [4.78, 5) is 99.7. The number of carboxylic acid groups (broad SMARTS) is 2. The summed E-state index contributed by atoms with van der Waals surface area (Å²) in [7, 11) is -4.02. The number of nitrogens with two attached hydrogens (primary N) is 2. The molecule has 1 aromatic carbocycles. The number of sulfonamides is 1. The third-order valence-corrected chi connectivity index (χ3v) is 9.74. The van der Waals surface area contributed by atoms with Crippen molar-refractivity contribution in [2.45, 2.75) is 23.5 Å². The number of fused-ring (bicyclic) bond motifs is 1. The van der Waals surface area contributed by atoms with Crippen molar-refractivity contribution in [3.05, 3.63) is 41.1 Å². The maximum Gasteiger partial charge on any atom is 1.00 e. The van der Waals surface area contributed by atoms with Crippen molar-refractivity contribution in [2.75, 3.05) is 43.6 Å². The zero-order chi connectivity index (χ0) is 37.1. The summed E-state index contributed by atoms with van der Waals surface area (Å²) in [6.45, 7) is -1.94. The molecule has 2 fully saturated rings. The zero-order valence-corrected chi connectivity index (χ0v) is 33.3. The number of primary amides is 1. The van der Waals surface area contributed by atoms with Crippen molar-refractivity contribution in [1.29, 1.82) is 0 Å². The SMILES string of the molecule is CS(=O)(=O)N1CCN(C(=O)N[C@@H](C(=O)N[C@@H]2C(=O)N3C(C(=O)[O-])=C(COC(N)=O)CS[C@@H]23)c2ccc(NC(=O)OC[C@@H](N)C(=O)[O-])cc2)C1=O.[Na+].[Na+]. The fraction of sp³-hybridized carbons (Fsp3) is 0.385. The fourth-order valence-electron chi connectivity index (χ4n) is 4.84. The second kappa shape index (κ2) is 18.4. The Labute approximate surface area is 342 Å². The number of carbonyl (C=O) groups is 8. The minimum absolute atomic E-state index is 0. The van der Waals surface area contributed by atoms with Crippen LogP contribution in [0.2, 0.25) is 0 Å². The quantitative estimate of drug-likeness (QED) is 0.0970. The normalized spacial score (nSPS) is 19.1. The molecule has 0 radical (unpaired) electrons. The van der Waals surface area contributed by atoms with Crippen LogP contribution in [0.3, 0.4) is 0 Å². The van der Waals surface area contributed by atoms with Gasteiger partial charge in [0.15, 0.2) is 0 Å². The summed E-state index contributed by atoms with van der Waals surface area (Å²) in [6, 6.07) is -1.88. The number of nitrogens with zero attached hydrogens (tertiary/aromatic N) is 3. The Bertz CT molecular complexity index is 1780. The predicted molar refractivity (Wildman–Crippen MR) is 162 cm³/mol. The standard InChI is InChI=1S/C26H30N8O14S2.2Na/c1-50(45,46)33-7-6-32(26(33)44)24(42)31-15(11-2-4-13(5-3-11)29-25(43)48-9-14(27)21(37)38)18(35)30-16-19(36)34-17(22(39)40)12(8-47-23(28)41)10-49-20(16)34;;/h2-5,14-16,20H,6-10,27H2,1H3,(H2,28,41)(H,29,43)(H,30,35)(H,31,42)(H,37,38)(H,39,40);;/q;2*+1/p-2/t14-,15-,16-,20+;;/m1../s1. The topological polar surface area (TPSA) is 333 Å². The minimum atomic E-state index is -4.02. The van der Waals surface area contributed by atoms with Crippen LogP contribution in [-0.2, 0) is 38.7 Å². The van der Waals surface area contributed by atoms with Gasteiger partial charge in [-0.05, 0) is 17.7 Å². The van der Waals surface area contributed by atoms with E-state index in [0.29, 0.717) is 9.21 Å². The number of rotatable bonds is 12. The molecule has 3 heterocycles. The largest absolute Gasteiger partial charge is 1.00 e. The molecule has 26 heteroatoms. The van der Waals surface area contributed by atoms with Crippen LogP contribution in [0.15, 0.2) is 35.5 Å². The van der Waals surface area contributed by atoms with Gasteiger partial charge in [-0.2, -0.15) is 0 Å². The molecular weight excluding hydrogens is 758 g/mol. The van der Waals surface area contributed by atoms with E-state index in [2.05, 4.69) is 20.7 Å². The van der Waals surface area contributed by atoms with E-state index in [1.54, 1.807) is 0 Å². The first-order valence-electron chi connectivity index (χ1n) is 14.1. The Kier molecular flexibility index (Phi) is 15.8. The molecule has 1 aromatic rings. The van der Waals surface area contributed by atoms with Crippen molar-refractivity contribution in [1.82, 2.24) is 24.7 Å². The van der Waals surface area contributed by atoms with Crippen LogP contribution in [0.1, 0.15) is 11.6 Å². The van der Waals surface area contributed by atoms with E-state index in [-0.39, 0.29) is 94.8 Å². The van der Waals surface area contributed by atoms with E-state index >= 15 is 0 Å². The van der Waals surface area contributed by atoms with Crippen molar-refractivity contribution < 1.29 is 126 Å². The number of urea groups is 2. The average molecular weight is 787 g/mol. The maximum atomic E-state index is 13.7. The number of β-lactam (4-membered cyclic amide) rings is 1. The number of thioether (sulfide) groups is 1. The first-order chi connectivity index (χ1) is 23.4. The number of hydrogen-bond donors (Lipinski definition) is 5. The molecule has 0 unspecified atom stereocenters. The number of carboxylic acids is 2. The molecule has 4 atom stereocenters. The van der Waals surface area contributed by atoms with Gasteiger partial charge in [-0.1, -0.05) is 12.1 Å². The Morgan fingerprint density at radius 2 is 1.67 bits per heavy atom. The molecular formula is C26H28N8Na2O14S2. The first kappa shape index (κ1) is 44.5. The second-order valence-electron chi connectivity index (χ2n) is 10.7. The molecule has 270 valence electrons. The Balaban J connectivity index is 0.00000468. The molecule has 0 spiro atoms. The number of imide groups is 1. The van der Waals surface area contributed by atoms with Gasteiger partial charge in [-0.25, -0.2) is 36.8 Å². The van der Waals surface area contributed by atoms with Gasteiger partial charge < -0.3 is 51.4 Å². The third-order valence-electron chi connectivity index (χ3n) is 7.26. The Hall–Kier alpha value is -3.62. The van der Waals surface area contributed by atoms with Gasteiger partial charge in [-0.15, -0.1) is 11.8 Å². The van der Waals surface area contributed by atoms with Crippen molar-refractivity contribution in [3.63, 3.8) is 0 Å². The zero-order valence-electron chi connectivity index (χ0n) is 27.7. The van der Waals surface area contributed by atoms with Crippen LogP contribution in [0, 0.1) is 0 Å². The average Bonchev–Trinajstić information content (AvgIpc) is 3.45. The molecule has 3 aliphatic rings. The smallest absolute Gasteiger partial charge is 0.548 e. The van der Waals surface area contributed by atoms with E-state index in [4.69, 9.17) is 16.2 Å². The molecule has 7 N–H and O–H groups in total. The summed E-state index contributed by atoms with van der Waals surface area (Å²) >= 11 is 1.02. The molecule has 8 amide bonds. The predicted octanol–water partition coefficient (Wildman–Crippen LogP) is -10.7. The molecule has 0 saturated carbocycles. The Morgan fingerprint density at radius 1 is 1.04 bits per heavy atom. The summed E-state index contributed by atoms with van der Waals surface area (Å²) < 4.78 is 33.7. The molecule has 52 heavy (non-hydrogen) atoms. The third kappa shape index (κ3) is 10.3. The summed E-state index contributed by atoms with van der Waals surface area (Å²) in [6.07, 6.45) is -1.51. The summed E-state index contributed by atoms with van der Waals surface area (Å²) in [5, 5.41) is 28.7. The van der Waals surface area contributed by atoms with Gasteiger partial charge in [-0.3, -0.25) is 19.8 Å². The first-order valence-corrected chi connectivity index (χ1v) is 17.0. The van der Waals surface area contributed by atoms with Gasteiger partial charge in [0.2, 0.25) is 15.9 Å². The number of nitrogens with one attached hydrogen (secondary N) is 3. The van der Waals surface area contributed by atoms with Gasteiger partial charge in [0, 0.05) is 17.0 Å². The molecule has 22 nitrogen and oxygen atoms in total. The molecule has 0 aromatic heterocycles. The van der Waals surface area contributed by atoms with Gasteiger partial charge in [0.1, 0.15) is 30.7 Å². The number of aliphatic carboxylic acids is 2. The van der Waals surface area contributed by atoms with Crippen LogP contribution < -0.4 is 96.7 Å². The fourth-order valence-corrected chi connectivity index (χ4v) is 6.96. The number of carbonyl (C=O) groups excluding carboxylic acids is 8. The van der Waals surface area contributed by atoms with Gasteiger partial charge in [0.25, 0.3) is 5.91 Å². The number of ether oxygens (including phenoxy) is 2. The van der Waals surface area contributed by atoms with E-state index in [9.17, 15) is 57.0 Å². The van der Waals surface area contributed by atoms with E-state index in [0.717, 1.165) is 22.9 Å². The number of hydrogen-bond acceptors (Lipinski definition) is 16.